The standard InChI is InChI=1S/C10H19N3O/c1-9-8-13(5-6-14-2)10(3-4-11)7-12-9/h9-10,12H,3,5-8H2,1-2H3. The van der Waals surface area contributed by atoms with Crippen LogP contribution >= 0.6 is 0 Å². The first kappa shape index (κ1) is 11.4. The summed E-state index contributed by atoms with van der Waals surface area (Å²) in [4.78, 5) is 2.34. The van der Waals surface area contributed by atoms with E-state index < -0.39 is 0 Å². The first-order valence-corrected chi connectivity index (χ1v) is 5.11. The SMILES string of the molecule is COCCN1CC(C)NCC1CC#N. The van der Waals surface area contributed by atoms with E-state index >= 15 is 0 Å². The highest BCUT2D eigenvalue weighted by Crippen LogP contribution is 2.09. The summed E-state index contributed by atoms with van der Waals surface area (Å²) in [6, 6.07) is 3.10. The quantitative estimate of drug-likeness (QED) is 0.700. The van der Waals surface area contributed by atoms with E-state index in [4.69, 9.17) is 10.00 Å². The largest absolute Gasteiger partial charge is 0.383 e. The summed E-state index contributed by atoms with van der Waals surface area (Å²) in [7, 11) is 1.71. The van der Waals surface area contributed by atoms with E-state index in [1.807, 2.05) is 0 Å². The van der Waals surface area contributed by atoms with Gasteiger partial charge in [-0.05, 0) is 6.92 Å². The van der Waals surface area contributed by atoms with Gasteiger partial charge in [-0.1, -0.05) is 0 Å². The fraction of sp³-hybridized carbons (Fsp3) is 0.900. The number of nitrogens with one attached hydrogen (secondary N) is 1. The van der Waals surface area contributed by atoms with E-state index in [2.05, 4.69) is 23.2 Å². The molecule has 0 aromatic rings. The summed E-state index contributed by atoms with van der Waals surface area (Å²) in [5, 5.41) is 12.1. The van der Waals surface area contributed by atoms with Crippen molar-refractivity contribution >= 4 is 0 Å². The van der Waals surface area contributed by atoms with Crippen molar-refractivity contribution < 1.29 is 4.74 Å². The predicted octanol–water partition coefficient (Wildman–Crippen LogP) is 0.209. The van der Waals surface area contributed by atoms with Gasteiger partial charge < -0.3 is 10.1 Å². The van der Waals surface area contributed by atoms with Gasteiger partial charge in [0.25, 0.3) is 0 Å². The average molecular weight is 197 g/mol. The average Bonchev–Trinajstić information content (AvgIpc) is 2.18. The highest BCUT2D eigenvalue weighted by Gasteiger charge is 2.24. The van der Waals surface area contributed by atoms with Crippen molar-refractivity contribution in [2.24, 2.45) is 0 Å². The van der Waals surface area contributed by atoms with Crippen molar-refractivity contribution in [1.82, 2.24) is 10.2 Å². The molecule has 0 spiro atoms. The van der Waals surface area contributed by atoms with E-state index in [1.165, 1.54) is 0 Å². The Bertz CT molecular complexity index is 202. The monoisotopic (exact) mass is 197 g/mol. The van der Waals surface area contributed by atoms with Crippen molar-refractivity contribution in [3.63, 3.8) is 0 Å². The molecule has 1 fully saturated rings. The lowest BCUT2D eigenvalue weighted by atomic mass is 10.1. The minimum absolute atomic E-state index is 0.353. The van der Waals surface area contributed by atoms with Gasteiger partial charge in [0.1, 0.15) is 0 Å². The number of methoxy groups -OCH3 is 1. The van der Waals surface area contributed by atoms with Crippen LogP contribution in [0.1, 0.15) is 13.3 Å². The number of nitriles is 1. The molecule has 2 atom stereocenters. The highest BCUT2D eigenvalue weighted by atomic mass is 16.5. The van der Waals surface area contributed by atoms with Crippen LogP contribution in [0.2, 0.25) is 0 Å². The Morgan fingerprint density at radius 1 is 1.64 bits per heavy atom. The minimum Gasteiger partial charge on any atom is -0.383 e. The normalized spacial score (nSPS) is 28.6. The molecule has 4 nitrogen and oxygen atoms in total. The third kappa shape index (κ3) is 3.26. The fourth-order valence-electron chi connectivity index (χ4n) is 1.82. The summed E-state index contributed by atoms with van der Waals surface area (Å²) in [6.07, 6.45) is 0.601. The zero-order valence-electron chi connectivity index (χ0n) is 8.99. The third-order valence-corrected chi connectivity index (χ3v) is 2.64. The van der Waals surface area contributed by atoms with Crippen molar-refractivity contribution in [2.45, 2.75) is 25.4 Å². The molecule has 0 amide bonds. The second-order valence-corrected chi connectivity index (χ2v) is 3.81. The van der Waals surface area contributed by atoms with Crippen LogP contribution < -0.4 is 5.32 Å². The Balaban J connectivity index is 2.42. The van der Waals surface area contributed by atoms with E-state index in [0.29, 0.717) is 18.5 Å². The summed E-state index contributed by atoms with van der Waals surface area (Å²) < 4.78 is 5.06. The second kappa shape index (κ2) is 5.97. The molecule has 1 rings (SSSR count). The molecule has 1 saturated heterocycles. The number of rotatable bonds is 4. The van der Waals surface area contributed by atoms with Crippen LogP contribution in [0.3, 0.4) is 0 Å². The molecule has 1 N–H and O–H groups in total. The molecule has 4 heteroatoms. The molecule has 1 aliphatic heterocycles. The van der Waals surface area contributed by atoms with Crippen molar-refractivity contribution in [2.75, 3.05) is 33.4 Å². The van der Waals surface area contributed by atoms with Crippen molar-refractivity contribution in [3.8, 4) is 6.07 Å². The molecule has 0 radical (unpaired) electrons. The topological polar surface area (TPSA) is 48.3 Å². The number of hydrogen-bond acceptors (Lipinski definition) is 4. The Morgan fingerprint density at radius 2 is 2.43 bits per heavy atom. The van der Waals surface area contributed by atoms with Crippen molar-refractivity contribution in [3.05, 3.63) is 0 Å². The lowest BCUT2D eigenvalue weighted by molar-refractivity contribution is 0.0911. The molecule has 0 aromatic carbocycles. The molecular formula is C10H19N3O. The van der Waals surface area contributed by atoms with Crippen molar-refractivity contribution in [1.29, 1.82) is 5.26 Å². The number of piperazine rings is 1. The summed E-state index contributed by atoms with van der Waals surface area (Å²) in [5.74, 6) is 0. The molecule has 2 unspecified atom stereocenters. The van der Waals surface area contributed by atoms with Gasteiger partial charge in [-0.2, -0.15) is 5.26 Å². The van der Waals surface area contributed by atoms with Gasteiger partial charge in [0.2, 0.25) is 0 Å². The van der Waals surface area contributed by atoms with Crippen LogP contribution in [0.4, 0.5) is 0 Å². The number of nitrogens with zero attached hydrogens (tertiary/aromatic N) is 2. The lowest BCUT2D eigenvalue weighted by Crippen LogP contribution is -2.55. The molecule has 0 bridgehead atoms. The van der Waals surface area contributed by atoms with Gasteiger partial charge in [0.05, 0.1) is 19.1 Å². The summed E-state index contributed by atoms with van der Waals surface area (Å²) >= 11 is 0. The number of hydrogen-bond donors (Lipinski definition) is 1. The maximum absolute atomic E-state index is 8.69. The fourth-order valence-corrected chi connectivity index (χ4v) is 1.82. The molecule has 0 aliphatic carbocycles. The maximum Gasteiger partial charge on any atom is 0.0638 e. The molecule has 0 saturated carbocycles. The van der Waals surface area contributed by atoms with Gasteiger partial charge in [-0.3, -0.25) is 4.90 Å². The lowest BCUT2D eigenvalue weighted by Gasteiger charge is -2.38. The second-order valence-electron chi connectivity index (χ2n) is 3.81. The molecular weight excluding hydrogens is 178 g/mol. The maximum atomic E-state index is 8.69. The summed E-state index contributed by atoms with van der Waals surface area (Å²) in [6.45, 7) is 5.76. The van der Waals surface area contributed by atoms with Crippen LogP contribution in [0.5, 0.6) is 0 Å². The molecule has 80 valence electrons. The van der Waals surface area contributed by atoms with Crippen LogP contribution in [0.25, 0.3) is 0 Å². The van der Waals surface area contributed by atoms with Gasteiger partial charge in [-0.15, -0.1) is 0 Å². The Morgan fingerprint density at radius 3 is 3.07 bits per heavy atom. The van der Waals surface area contributed by atoms with Crippen LogP contribution in [0.15, 0.2) is 0 Å². The van der Waals surface area contributed by atoms with Crippen LogP contribution in [-0.4, -0.2) is 50.3 Å². The number of ether oxygens (including phenoxy) is 1. The predicted molar refractivity (Wildman–Crippen MR) is 54.9 cm³/mol. The molecule has 1 heterocycles. The Kier molecular flexibility index (Phi) is 4.88. The van der Waals surface area contributed by atoms with Crippen LogP contribution in [-0.2, 0) is 4.74 Å². The van der Waals surface area contributed by atoms with Crippen LogP contribution in [0, 0.1) is 11.3 Å². The third-order valence-electron chi connectivity index (χ3n) is 2.64. The van der Waals surface area contributed by atoms with E-state index in [-0.39, 0.29) is 0 Å². The molecule has 14 heavy (non-hydrogen) atoms. The zero-order valence-corrected chi connectivity index (χ0v) is 8.99. The van der Waals surface area contributed by atoms with E-state index in [1.54, 1.807) is 7.11 Å². The van der Waals surface area contributed by atoms with E-state index in [0.717, 1.165) is 26.2 Å². The van der Waals surface area contributed by atoms with Gasteiger partial charge in [0.15, 0.2) is 0 Å². The molecule has 1 aliphatic rings. The zero-order chi connectivity index (χ0) is 10.4. The Labute approximate surface area is 85.8 Å². The first-order valence-electron chi connectivity index (χ1n) is 5.11. The van der Waals surface area contributed by atoms with E-state index in [9.17, 15) is 0 Å². The summed E-state index contributed by atoms with van der Waals surface area (Å²) in [5.41, 5.74) is 0. The van der Waals surface area contributed by atoms with Gasteiger partial charge in [-0.25, -0.2) is 0 Å². The Hall–Kier alpha value is -0.630. The smallest absolute Gasteiger partial charge is 0.0638 e. The first-order chi connectivity index (χ1) is 6.77. The van der Waals surface area contributed by atoms with Gasteiger partial charge >= 0.3 is 0 Å². The van der Waals surface area contributed by atoms with Gasteiger partial charge in [0, 0.05) is 38.8 Å². The minimum atomic E-state index is 0.353. The highest BCUT2D eigenvalue weighted by molar-refractivity contribution is 4.89. The molecule has 0 aromatic heterocycles.